The van der Waals surface area contributed by atoms with Gasteiger partial charge in [-0.1, -0.05) is 13.0 Å². The van der Waals surface area contributed by atoms with Gasteiger partial charge in [-0.05, 0) is 36.8 Å². The molecule has 0 spiro atoms. The van der Waals surface area contributed by atoms with E-state index < -0.39 is 0 Å². The van der Waals surface area contributed by atoms with Crippen molar-refractivity contribution in [1.29, 1.82) is 0 Å². The van der Waals surface area contributed by atoms with Gasteiger partial charge in [0.2, 0.25) is 0 Å². The lowest BCUT2D eigenvalue weighted by atomic mass is 9.92. The molecule has 0 fully saturated rings. The third-order valence-corrected chi connectivity index (χ3v) is 2.74. The van der Waals surface area contributed by atoms with Crippen molar-refractivity contribution in [2.24, 2.45) is 5.92 Å². The molecule has 0 bridgehead atoms. The van der Waals surface area contributed by atoms with Crippen LogP contribution in [0.4, 0.5) is 0 Å². The second-order valence-electron chi connectivity index (χ2n) is 3.37. The summed E-state index contributed by atoms with van der Waals surface area (Å²) in [5, 5.41) is 3.45. The zero-order valence-corrected chi connectivity index (χ0v) is 7.06. The van der Waals surface area contributed by atoms with Gasteiger partial charge < -0.3 is 5.32 Å². The summed E-state index contributed by atoms with van der Waals surface area (Å²) in [5.41, 5.74) is 3.10. The molecule has 0 aromatic carbocycles. The summed E-state index contributed by atoms with van der Waals surface area (Å²) in [6.45, 7) is 3.45. The van der Waals surface area contributed by atoms with Gasteiger partial charge in [0, 0.05) is 12.2 Å². The number of hydrogen-bond acceptors (Lipinski definition) is 1. The van der Waals surface area contributed by atoms with Gasteiger partial charge in [-0.2, -0.15) is 0 Å². The van der Waals surface area contributed by atoms with Gasteiger partial charge in [0.25, 0.3) is 0 Å². The van der Waals surface area contributed by atoms with E-state index in [1.807, 2.05) is 0 Å². The number of allylic oxidation sites excluding steroid dienone is 2. The molecule has 0 aromatic heterocycles. The van der Waals surface area contributed by atoms with E-state index in [1.54, 1.807) is 5.57 Å². The Labute approximate surface area is 68.2 Å². The molecule has 2 rings (SSSR count). The Morgan fingerprint density at radius 1 is 1.64 bits per heavy atom. The van der Waals surface area contributed by atoms with Gasteiger partial charge in [0.15, 0.2) is 0 Å². The van der Waals surface area contributed by atoms with Gasteiger partial charge in [0.05, 0.1) is 0 Å². The topological polar surface area (TPSA) is 12.0 Å². The maximum Gasteiger partial charge on any atom is 0.0332 e. The molecule has 1 unspecified atom stereocenters. The van der Waals surface area contributed by atoms with E-state index in [9.17, 15) is 0 Å². The fourth-order valence-electron chi connectivity index (χ4n) is 2.03. The molecule has 1 nitrogen and oxygen atoms in total. The molecule has 2 aliphatic rings. The summed E-state index contributed by atoms with van der Waals surface area (Å²) in [4.78, 5) is 0. The molecular formula is C10H15N. The predicted octanol–water partition coefficient (Wildman–Crippen LogP) is 2.22. The van der Waals surface area contributed by atoms with E-state index >= 15 is 0 Å². The maximum atomic E-state index is 3.45. The zero-order chi connectivity index (χ0) is 7.68. The van der Waals surface area contributed by atoms with Crippen LogP contribution in [-0.2, 0) is 0 Å². The van der Waals surface area contributed by atoms with Crippen LogP contribution in [0.2, 0.25) is 0 Å². The number of nitrogens with one attached hydrogen (secondary N) is 1. The van der Waals surface area contributed by atoms with E-state index in [2.05, 4.69) is 24.4 Å². The van der Waals surface area contributed by atoms with Gasteiger partial charge in [-0.3, -0.25) is 0 Å². The minimum atomic E-state index is 0.829. The molecule has 0 radical (unpaired) electrons. The van der Waals surface area contributed by atoms with Crippen molar-refractivity contribution < 1.29 is 0 Å². The van der Waals surface area contributed by atoms with Crippen LogP contribution in [0.1, 0.15) is 26.2 Å². The van der Waals surface area contributed by atoms with Crippen LogP contribution >= 0.6 is 0 Å². The van der Waals surface area contributed by atoms with E-state index in [1.165, 1.54) is 31.5 Å². The van der Waals surface area contributed by atoms with Crippen molar-refractivity contribution in [3.05, 3.63) is 23.4 Å². The Morgan fingerprint density at radius 2 is 2.55 bits per heavy atom. The Morgan fingerprint density at radius 3 is 3.36 bits per heavy atom. The molecule has 1 heteroatoms. The quantitative estimate of drug-likeness (QED) is 0.602. The third kappa shape index (κ3) is 1.09. The third-order valence-electron chi connectivity index (χ3n) is 2.74. The fraction of sp³-hybridized carbons (Fsp3) is 0.600. The fourth-order valence-corrected chi connectivity index (χ4v) is 2.03. The number of rotatable bonds is 1. The first-order valence-electron chi connectivity index (χ1n) is 4.55. The smallest absolute Gasteiger partial charge is 0.0332 e. The summed E-state index contributed by atoms with van der Waals surface area (Å²) >= 11 is 0. The summed E-state index contributed by atoms with van der Waals surface area (Å²) < 4.78 is 0. The highest BCUT2D eigenvalue weighted by Gasteiger charge is 2.22. The van der Waals surface area contributed by atoms with Crippen molar-refractivity contribution in [1.82, 2.24) is 5.32 Å². The lowest BCUT2D eigenvalue weighted by Gasteiger charge is -2.12. The summed E-state index contributed by atoms with van der Waals surface area (Å²) in [6, 6.07) is 0. The molecule has 60 valence electrons. The van der Waals surface area contributed by atoms with Crippen molar-refractivity contribution >= 4 is 0 Å². The van der Waals surface area contributed by atoms with Crippen molar-refractivity contribution in [3.63, 3.8) is 0 Å². The Bertz CT molecular complexity index is 213. The highest BCUT2D eigenvalue weighted by Crippen LogP contribution is 2.30. The zero-order valence-electron chi connectivity index (χ0n) is 7.06. The van der Waals surface area contributed by atoms with Gasteiger partial charge in [-0.25, -0.2) is 0 Å². The molecule has 0 aromatic rings. The SMILES string of the molecule is CCC1CNC2=C1CCC=C2. The Balaban J connectivity index is 2.22. The minimum absolute atomic E-state index is 0.829. The second-order valence-corrected chi connectivity index (χ2v) is 3.37. The maximum absolute atomic E-state index is 3.45. The molecule has 0 saturated heterocycles. The molecule has 1 aliphatic carbocycles. The summed E-state index contributed by atoms with van der Waals surface area (Å²) in [7, 11) is 0. The van der Waals surface area contributed by atoms with E-state index in [0.717, 1.165) is 5.92 Å². The monoisotopic (exact) mass is 149 g/mol. The Kier molecular flexibility index (Phi) is 1.72. The second kappa shape index (κ2) is 2.72. The van der Waals surface area contributed by atoms with Gasteiger partial charge in [-0.15, -0.1) is 0 Å². The highest BCUT2D eigenvalue weighted by molar-refractivity contribution is 5.33. The largest absolute Gasteiger partial charge is 0.384 e. The van der Waals surface area contributed by atoms with E-state index in [0.29, 0.717) is 0 Å². The van der Waals surface area contributed by atoms with Crippen molar-refractivity contribution in [3.8, 4) is 0 Å². The average molecular weight is 149 g/mol. The molecular weight excluding hydrogens is 134 g/mol. The van der Waals surface area contributed by atoms with Crippen LogP contribution in [0.15, 0.2) is 23.4 Å². The van der Waals surface area contributed by atoms with Crippen LogP contribution in [-0.4, -0.2) is 6.54 Å². The van der Waals surface area contributed by atoms with Crippen LogP contribution in [0.5, 0.6) is 0 Å². The minimum Gasteiger partial charge on any atom is -0.384 e. The molecule has 0 amide bonds. The lowest BCUT2D eigenvalue weighted by molar-refractivity contribution is 0.591. The lowest BCUT2D eigenvalue weighted by Crippen LogP contribution is -2.10. The van der Waals surface area contributed by atoms with E-state index in [-0.39, 0.29) is 0 Å². The molecule has 1 atom stereocenters. The Hall–Kier alpha value is -0.720. The van der Waals surface area contributed by atoms with E-state index in [4.69, 9.17) is 0 Å². The van der Waals surface area contributed by atoms with Gasteiger partial charge >= 0.3 is 0 Å². The summed E-state index contributed by atoms with van der Waals surface area (Å²) in [5.74, 6) is 0.829. The first-order chi connectivity index (χ1) is 5.42. The average Bonchev–Trinajstić information content (AvgIpc) is 2.47. The molecule has 0 saturated carbocycles. The molecule has 1 aliphatic heterocycles. The number of hydrogen-bond donors (Lipinski definition) is 1. The standard InChI is InChI=1S/C10H15N/c1-2-8-7-11-10-6-4-3-5-9(8)10/h4,6,8,11H,2-3,5,7H2,1H3. The van der Waals surface area contributed by atoms with Crippen molar-refractivity contribution in [2.45, 2.75) is 26.2 Å². The van der Waals surface area contributed by atoms with Gasteiger partial charge in [0.1, 0.15) is 0 Å². The summed E-state index contributed by atoms with van der Waals surface area (Å²) in [6.07, 6.45) is 8.34. The van der Waals surface area contributed by atoms with Crippen LogP contribution in [0.25, 0.3) is 0 Å². The molecule has 11 heavy (non-hydrogen) atoms. The normalized spacial score (nSPS) is 28.6. The van der Waals surface area contributed by atoms with Crippen LogP contribution in [0.3, 0.4) is 0 Å². The first kappa shape index (κ1) is 6.96. The molecule has 1 N–H and O–H groups in total. The highest BCUT2D eigenvalue weighted by atomic mass is 14.9. The van der Waals surface area contributed by atoms with Crippen LogP contribution < -0.4 is 5.32 Å². The predicted molar refractivity (Wildman–Crippen MR) is 47.2 cm³/mol. The van der Waals surface area contributed by atoms with Crippen LogP contribution in [0, 0.1) is 5.92 Å². The first-order valence-corrected chi connectivity index (χ1v) is 4.55. The van der Waals surface area contributed by atoms with Crippen molar-refractivity contribution in [2.75, 3.05) is 6.54 Å². The molecule has 1 heterocycles.